The van der Waals surface area contributed by atoms with Gasteiger partial charge in [-0.05, 0) is 42.3 Å². The molecule has 186 valence electrons. The number of nitrogens with one attached hydrogen (secondary N) is 3. The van der Waals surface area contributed by atoms with E-state index in [9.17, 15) is 31.2 Å². The zero-order valence-corrected chi connectivity index (χ0v) is 19.2. The van der Waals surface area contributed by atoms with Crippen molar-refractivity contribution in [3.8, 4) is 0 Å². The fourth-order valence-electron chi connectivity index (χ4n) is 4.02. The molecule has 1 aliphatic rings. The van der Waals surface area contributed by atoms with Crippen molar-refractivity contribution in [1.29, 1.82) is 0 Å². The van der Waals surface area contributed by atoms with Crippen LogP contribution in [0.4, 0.5) is 13.2 Å². The van der Waals surface area contributed by atoms with Gasteiger partial charge in [-0.2, -0.15) is 13.2 Å². The molecule has 0 spiro atoms. The molecule has 4 rings (SSSR count). The number of para-hydroxylation sites is 1. The van der Waals surface area contributed by atoms with E-state index < -0.39 is 39.4 Å². The highest BCUT2D eigenvalue weighted by Crippen LogP contribution is 2.29. The van der Waals surface area contributed by atoms with E-state index in [-0.39, 0.29) is 36.6 Å². The largest absolute Gasteiger partial charge is 0.416 e. The lowest BCUT2D eigenvalue weighted by molar-refractivity contribution is -0.137. The van der Waals surface area contributed by atoms with Gasteiger partial charge in [-0.1, -0.05) is 18.2 Å². The van der Waals surface area contributed by atoms with Gasteiger partial charge in [-0.15, -0.1) is 0 Å². The number of amides is 2. The highest BCUT2D eigenvalue weighted by molar-refractivity contribution is 7.91. The van der Waals surface area contributed by atoms with Crippen LogP contribution in [0.2, 0.25) is 0 Å². The summed E-state index contributed by atoms with van der Waals surface area (Å²) < 4.78 is 62.0. The number of aromatic nitrogens is 1. The summed E-state index contributed by atoms with van der Waals surface area (Å²) in [6.07, 6.45) is -2.49. The van der Waals surface area contributed by atoms with Crippen LogP contribution >= 0.6 is 0 Å². The highest BCUT2D eigenvalue weighted by atomic mass is 32.2. The maximum Gasteiger partial charge on any atom is 0.416 e. The van der Waals surface area contributed by atoms with Gasteiger partial charge in [-0.3, -0.25) is 25.3 Å². The first-order chi connectivity index (χ1) is 16.5. The van der Waals surface area contributed by atoms with Crippen molar-refractivity contribution in [2.24, 2.45) is 0 Å². The predicted octanol–water partition coefficient (Wildman–Crippen LogP) is 2.29. The number of hydrogen-bond donors (Lipinski definition) is 3. The summed E-state index contributed by atoms with van der Waals surface area (Å²) in [6.45, 7) is 0.325. The molecule has 1 aromatic heterocycles. The number of nitrogens with zero attached hydrogens (tertiary/aromatic N) is 1. The third-order valence-electron chi connectivity index (χ3n) is 5.98. The van der Waals surface area contributed by atoms with Crippen molar-refractivity contribution in [2.45, 2.75) is 18.6 Å². The molecule has 1 fully saturated rings. The zero-order valence-electron chi connectivity index (χ0n) is 18.4. The Labute approximate surface area is 199 Å². The normalized spacial score (nSPS) is 17.1. The lowest BCUT2D eigenvalue weighted by Gasteiger charge is -2.33. The number of hydrogen-bond acceptors (Lipinski definition) is 5. The van der Waals surface area contributed by atoms with Crippen LogP contribution in [0.5, 0.6) is 0 Å². The van der Waals surface area contributed by atoms with Crippen LogP contribution in [-0.4, -0.2) is 60.8 Å². The summed E-state index contributed by atoms with van der Waals surface area (Å²) in [5.41, 5.74) is 5.37. The molecule has 2 aromatic carbocycles. The van der Waals surface area contributed by atoms with E-state index in [2.05, 4.69) is 15.8 Å². The molecule has 1 atom stereocenters. The second-order valence-corrected chi connectivity index (χ2v) is 10.6. The summed E-state index contributed by atoms with van der Waals surface area (Å²) in [7, 11) is -3.18. The van der Waals surface area contributed by atoms with Crippen LogP contribution in [-0.2, 0) is 27.2 Å². The maximum atomic E-state index is 13.1. The van der Waals surface area contributed by atoms with Gasteiger partial charge in [-0.25, -0.2) is 8.42 Å². The van der Waals surface area contributed by atoms with E-state index in [0.29, 0.717) is 0 Å². The van der Waals surface area contributed by atoms with Crippen molar-refractivity contribution in [2.75, 3.05) is 24.6 Å². The quantitative estimate of drug-likeness (QED) is 0.458. The van der Waals surface area contributed by atoms with Gasteiger partial charge in [0.25, 0.3) is 11.8 Å². The molecular formula is C23H23F3N4O4S. The molecule has 12 heteroatoms. The van der Waals surface area contributed by atoms with Gasteiger partial charge in [0.15, 0.2) is 9.84 Å². The smallest absolute Gasteiger partial charge is 0.361 e. The second-order valence-electron chi connectivity index (χ2n) is 8.29. The van der Waals surface area contributed by atoms with Crippen LogP contribution in [0.15, 0.2) is 54.7 Å². The Kier molecular flexibility index (Phi) is 6.86. The average Bonchev–Trinajstić information content (AvgIpc) is 3.23. The number of rotatable bonds is 5. The monoisotopic (exact) mass is 508 g/mol. The minimum absolute atomic E-state index is 0.0597. The molecule has 1 aliphatic heterocycles. The fourth-order valence-corrected chi connectivity index (χ4v) is 5.25. The fraction of sp³-hybridized carbons (Fsp3) is 0.304. The van der Waals surface area contributed by atoms with Gasteiger partial charge in [0.2, 0.25) is 0 Å². The molecule has 2 heterocycles. The Hall–Kier alpha value is -3.38. The number of benzene rings is 2. The molecule has 8 nitrogen and oxygen atoms in total. The molecule has 2 amide bonds. The van der Waals surface area contributed by atoms with Crippen molar-refractivity contribution in [3.63, 3.8) is 0 Å². The van der Waals surface area contributed by atoms with Crippen molar-refractivity contribution in [3.05, 3.63) is 71.4 Å². The van der Waals surface area contributed by atoms with Crippen LogP contribution in [0.25, 0.3) is 10.9 Å². The molecule has 3 N–H and O–H groups in total. The van der Waals surface area contributed by atoms with E-state index >= 15 is 0 Å². The van der Waals surface area contributed by atoms with Crippen LogP contribution in [0.3, 0.4) is 0 Å². The number of sulfone groups is 1. The van der Waals surface area contributed by atoms with Crippen molar-refractivity contribution >= 4 is 32.6 Å². The first-order valence-electron chi connectivity index (χ1n) is 10.8. The lowest BCUT2D eigenvalue weighted by Crippen LogP contribution is -2.56. The standard InChI is InChI=1S/C23H23F3N4O4S/c24-23(25,26)17-7-5-15(6-8-17)21(31)28-29-22(32)20(30-9-11-35(33,34)12-10-30)13-16-14-27-19-4-2-1-3-18(16)19/h1-8,14,20,27H,9-13H2,(H,28,31)(H,29,32)/t20-/m1/s1. The van der Waals surface area contributed by atoms with Gasteiger partial charge in [0.1, 0.15) is 0 Å². The highest BCUT2D eigenvalue weighted by Gasteiger charge is 2.33. The Bertz CT molecular complexity index is 1320. The minimum atomic E-state index is -4.53. The summed E-state index contributed by atoms with van der Waals surface area (Å²) in [5, 5.41) is 0.920. The third-order valence-corrected chi connectivity index (χ3v) is 7.59. The first-order valence-corrected chi connectivity index (χ1v) is 12.6. The third kappa shape index (κ3) is 5.82. The molecule has 0 aliphatic carbocycles. The molecule has 0 saturated carbocycles. The van der Waals surface area contributed by atoms with Gasteiger partial charge in [0, 0.05) is 35.8 Å². The van der Waals surface area contributed by atoms with Crippen molar-refractivity contribution < 1.29 is 31.2 Å². The molecule has 3 aromatic rings. The summed E-state index contributed by atoms with van der Waals surface area (Å²) in [6, 6.07) is 10.4. The van der Waals surface area contributed by atoms with E-state index in [1.54, 1.807) is 11.1 Å². The number of H-pyrrole nitrogens is 1. The Morgan fingerprint density at radius 2 is 1.66 bits per heavy atom. The summed E-state index contributed by atoms with van der Waals surface area (Å²) in [5.74, 6) is -1.50. The number of hydrazine groups is 1. The topological polar surface area (TPSA) is 111 Å². The number of aromatic amines is 1. The molecular weight excluding hydrogens is 485 g/mol. The second kappa shape index (κ2) is 9.70. The van der Waals surface area contributed by atoms with E-state index in [4.69, 9.17) is 0 Å². The maximum absolute atomic E-state index is 13.1. The van der Waals surface area contributed by atoms with Gasteiger partial charge in [0.05, 0.1) is 23.1 Å². The van der Waals surface area contributed by atoms with E-state index in [1.807, 2.05) is 24.3 Å². The van der Waals surface area contributed by atoms with Crippen LogP contribution in [0, 0.1) is 0 Å². The van der Waals surface area contributed by atoms with Crippen LogP contribution in [0.1, 0.15) is 21.5 Å². The number of halogens is 3. The van der Waals surface area contributed by atoms with Crippen molar-refractivity contribution in [1.82, 2.24) is 20.7 Å². The van der Waals surface area contributed by atoms with Gasteiger partial charge < -0.3 is 4.98 Å². The number of carbonyl (C=O) groups is 2. The molecule has 0 bridgehead atoms. The average molecular weight is 509 g/mol. The number of carbonyl (C=O) groups excluding carboxylic acids is 2. The summed E-state index contributed by atoms with van der Waals surface area (Å²) >= 11 is 0. The Morgan fingerprint density at radius 3 is 2.31 bits per heavy atom. The lowest BCUT2D eigenvalue weighted by atomic mass is 10.0. The molecule has 0 unspecified atom stereocenters. The first kappa shape index (κ1) is 24.7. The number of fused-ring (bicyclic) bond motifs is 1. The van der Waals surface area contributed by atoms with E-state index in [0.717, 1.165) is 40.7 Å². The molecule has 35 heavy (non-hydrogen) atoms. The minimum Gasteiger partial charge on any atom is -0.361 e. The van der Waals surface area contributed by atoms with Crippen LogP contribution < -0.4 is 10.9 Å². The van der Waals surface area contributed by atoms with Gasteiger partial charge >= 0.3 is 6.18 Å². The van der Waals surface area contributed by atoms with E-state index in [1.165, 1.54) is 0 Å². The zero-order chi connectivity index (χ0) is 25.2. The predicted molar refractivity (Wildman–Crippen MR) is 123 cm³/mol. The SMILES string of the molecule is O=C(NNC(=O)[C@@H](Cc1c[nH]c2ccccc12)N1CCS(=O)(=O)CC1)c1ccc(C(F)(F)F)cc1. The summed E-state index contributed by atoms with van der Waals surface area (Å²) in [4.78, 5) is 30.4. The Balaban J connectivity index is 1.48. The Morgan fingerprint density at radius 1 is 1.00 bits per heavy atom. The molecule has 0 radical (unpaired) electrons. The number of alkyl halides is 3. The molecule has 1 saturated heterocycles.